The second-order valence-corrected chi connectivity index (χ2v) is 5.95. The van der Waals surface area contributed by atoms with Crippen molar-refractivity contribution in [2.75, 3.05) is 19.6 Å². The Morgan fingerprint density at radius 1 is 1.36 bits per heavy atom. The van der Waals surface area contributed by atoms with Crippen LogP contribution in [0.4, 0.5) is 0 Å². The van der Waals surface area contributed by atoms with E-state index in [0.717, 1.165) is 29.8 Å². The van der Waals surface area contributed by atoms with Crippen molar-refractivity contribution in [1.82, 2.24) is 10.2 Å². The first-order valence-electron chi connectivity index (χ1n) is 6.21. The van der Waals surface area contributed by atoms with Crippen LogP contribution < -0.4 is 5.32 Å². The van der Waals surface area contributed by atoms with Gasteiger partial charge >= 0.3 is 0 Å². The highest BCUT2D eigenvalue weighted by atomic mass is 15.3. The lowest BCUT2D eigenvalue weighted by molar-refractivity contribution is 0.122. The van der Waals surface area contributed by atoms with Crippen LogP contribution >= 0.6 is 0 Å². The van der Waals surface area contributed by atoms with Crippen molar-refractivity contribution in [1.29, 1.82) is 0 Å². The third-order valence-electron chi connectivity index (χ3n) is 4.31. The standard InChI is InChI=1S/C12H22N2/c1-8(2)6-14-7-10-3-9-4-11(14)12(10)13-5-9/h8-13H,3-7H2,1-2H3. The van der Waals surface area contributed by atoms with Crippen LogP contribution in [0.5, 0.6) is 0 Å². The normalized spacial score (nSPS) is 46.5. The molecule has 3 aliphatic heterocycles. The minimum atomic E-state index is 0.827. The van der Waals surface area contributed by atoms with Crippen LogP contribution in [-0.2, 0) is 0 Å². The number of hydrogen-bond acceptors (Lipinski definition) is 2. The summed E-state index contributed by atoms with van der Waals surface area (Å²) in [5, 5.41) is 3.74. The first-order chi connectivity index (χ1) is 6.74. The van der Waals surface area contributed by atoms with Crippen LogP contribution in [0.1, 0.15) is 26.7 Å². The molecule has 0 radical (unpaired) electrons. The SMILES string of the molecule is CC(C)CN1CC2CC3CNC2C1C3. The Bertz CT molecular complexity index is 226. The van der Waals surface area contributed by atoms with E-state index in [4.69, 9.17) is 0 Å². The molecule has 2 heteroatoms. The zero-order chi connectivity index (χ0) is 9.71. The molecular weight excluding hydrogens is 172 g/mol. The summed E-state index contributed by atoms with van der Waals surface area (Å²) in [6.07, 6.45) is 2.98. The highest BCUT2D eigenvalue weighted by molar-refractivity contribution is 5.07. The van der Waals surface area contributed by atoms with Gasteiger partial charge in [0, 0.05) is 25.2 Å². The van der Waals surface area contributed by atoms with Crippen molar-refractivity contribution < 1.29 is 0 Å². The van der Waals surface area contributed by atoms with E-state index in [1.54, 1.807) is 0 Å². The van der Waals surface area contributed by atoms with Gasteiger partial charge in [-0.2, -0.15) is 0 Å². The van der Waals surface area contributed by atoms with Gasteiger partial charge in [-0.1, -0.05) is 13.8 Å². The van der Waals surface area contributed by atoms with Crippen molar-refractivity contribution in [3.05, 3.63) is 0 Å². The molecule has 4 fully saturated rings. The smallest absolute Gasteiger partial charge is 0.0264 e. The van der Waals surface area contributed by atoms with Gasteiger partial charge in [0.2, 0.25) is 0 Å². The van der Waals surface area contributed by atoms with Crippen LogP contribution in [0.25, 0.3) is 0 Å². The summed E-state index contributed by atoms with van der Waals surface area (Å²) < 4.78 is 0. The Labute approximate surface area is 87.0 Å². The molecule has 3 saturated heterocycles. The van der Waals surface area contributed by atoms with Gasteiger partial charge in [-0.15, -0.1) is 0 Å². The van der Waals surface area contributed by atoms with Gasteiger partial charge in [0.15, 0.2) is 0 Å². The predicted octanol–water partition coefficient (Wildman–Crippen LogP) is 1.32. The summed E-state index contributed by atoms with van der Waals surface area (Å²) in [6.45, 7) is 8.66. The van der Waals surface area contributed by atoms with Gasteiger partial charge in [0.25, 0.3) is 0 Å². The Hall–Kier alpha value is -0.0800. The Morgan fingerprint density at radius 3 is 2.86 bits per heavy atom. The largest absolute Gasteiger partial charge is 0.312 e. The lowest BCUT2D eigenvalue weighted by Crippen LogP contribution is -2.56. The number of piperidine rings is 2. The lowest BCUT2D eigenvalue weighted by atomic mass is 9.74. The summed E-state index contributed by atoms with van der Waals surface area (Å²) in [6, 6.07) is 1.73. The Balaban J connectivity index is 1.74. The Morgan fingerprint density at radius 2 is 2.21 bits per heavy atom. The van der Waals surface area contributed by atoms with Crippen molar-refractivity contribution >= 4 is 0 Å². The molecule has 3 heterocycles. The van der Waals surface area contributed by atoms with Crippen molar-refractivity contribution in [2.24, 2.45) is 17.8 Å². The average molecular weight is 194 g/mol. The highest BCUT2D eigenvalue weighted by Crippen LogP contribution is 2.42. The molecule has 14 heavy (non-hydrogen) atoms. The minimum Gasteiger partial charge on any atom is -0.312 e. The van der Waals surface area contributed by atoms with E-state index in [0.29, 0.717) is 0 Å². The molecule has 1 N–H and O–H groups in total. The van der Waals surface area contributed by atoms with Crippen LogP contribution in [0, 0.1) is 17.8 Å². The third kappa shape index (κ3) is 1.31. The number of nitrogens with one attached hydrogen (secondary N) is 1. The van der Waals surface area contributed by atoms with Crippen LogP contribution in [0.2, 0.25) is 0 Å². The monoisotopic (exact) mass is 194 g/mol. The maximum absolute atomic E-state index is 3.74. The van der Waals surface area contributed by atoms with E-state index in [1.807, 2.05) is 0 Å². The molecule has 4 aliphatic rings. The number of fused-ring (bicyclic) bond motifs is 1. The second kappa shape index (κ2) is 3.21. The first-order valence-corrected chi connectivity index (χ1v) is 6.21. The van der Waals surface area contributed by atoms with Crippen LogP contribution in [0.15, 0.2) is 0 Å². The lowest BCUT2D eigenvalue weighted by Gasteiger charge is -2.43. The topological polar surface area (TPSA) is 15.3 Å². The molecule has 1 aliphatic carbocycles. The molecule has 80 valence electrons. The highest BCUT2D eigenvalue weighted by Gasteiger charge is 2.49. The fourth-order valence-electron chi connectivity index (χ4n) is 3.93. The van der Waals surface area contributed by atoms with Gasteiger partial charge in [-0.25, -0.2) is 0 Å². The molecule has 0 amide bonds. The second-order valence-electron chi connectivity index (χ2n) is 5.95. The zero-order valence-corrected chi connectivity index (χ0v) is 9.37. The fraction of sp³-hybridized carbons (Fsp3) is 1.00. The summed E-state index contributed by atoms with van der Waals surface area (Å²) in [7, 11) is 0. The molecule has 0 aromatic heterocycles. The molecule has 0 aromatic carbocycles. The molecule has 4 unspecified atom stereocenters. The van der Waals surface area contributed by atoms with Gasteiger partial charge in [-0.3, -0.25) is 4.90 Å². The van der Waals surface area contributed by atoms with E-state index < -0.39 is 0 Å². The molecular formula is C12H22N2. The molecule has 4 bridgehead atoms. The number of hydrogen-bond donors (Lipinski definition) is 1. The van der Waals surface area contributed by atoms with Crippen molar-refractivity contribution in [3.8, 4) is 0 Å². The quantitative estimate of drug-likeness (QED) is 0.713. The van der Waals surface area contributed by atoms with Crippen LogP contribution in [0.3, 0.4) is 0 Å². The molecule has 2 nitrogen and oxygen atoms in total. The van der Waals surface area contributed by atoms with Gasteiger partial charge in [-0.05, 0) is 37.1 Å². The molecule has 1 saturated carbocycles. The van der Waals surface area contributed by atoms with Crippen molar-refractivity contribution in [3.63, 3.8) is 0 Å². The molecule has 4 rings (SSSR count). The molecule has 0 spiro atoms. The molecule has 0 aromatic rings. The van der Waals surface area contributed by atoms with E-state index in [9.17, 15) is 0 Å². The van der Waals surface area contributed by atoms with E-state index in [2.05, 4.69) is 24.1 Å². The number of rotatable bonds is 2. The maximum Gasteiger partial charge on any atom is 0.0264 e. The van der Waals surface area contributed by atoms with Crippen molar-refractivity contribution in [2.45, 2.75) is 38.8 Å². The maximum atomic E-state index is 3.74. The summed E-state index contributed by atoms with van der Waals surface area (Å²) >= 11 is 0. The van der Waals surface area contributed by atoms with Crippen LogP contribution in [-0.4, -0.2) is 36.6 Å². The summed E-state index contributed by atoms with van der Waals surface area (Å²) in [5.74, 6) is 2.80. The average Bonchev–Trinajstić information content (AvgIpc) is 2.39. The van der Waals surface area contributed by atoms with E-state index >= 15 is 0 Å². The third-order valence-corrected chi connectivity index (χ3v) is 4.31. The predicted molar refractivity (Wildman–Crippen MR) is 58.2 cm³/mol. The van der Waals surface area contributed by atoms with E-state index in [-0.39, 0.29) is 0 Å². The minimum absolute atomic E-state index is 0.827. The Kier molecular flexibility index (Phi) is 2.10. The first kappa shape index (κ1) is 9.17. The number of nitrogens with zero attached hydrogens (tertiary/aromatic N) is 1. The van der Waals surface area contributed by atoms with Gasteiger partial charge < -0.3 is 5.32 Å². The van der Waals surface area contributed by atoms with Gasteiger partial charge in [0.05, 0.1) is 0 Å². The fourth-order valence-corrected chi connectivity index (χ4v) is 3.93. The van der Waals surface area contributed by atoms with Gasteiger partial charge in [0.1, 0.15) is 0 Å². The summed E-state index contributed by atoms with van der Waals surface area (Å²) in [4.78, 5) is 2.76. The summed E-state index contributed by atoms with van der Waals surface area (Å²) in [5.41, 5.74) is 0. The zero-order valence-electron chi connectivity index (χ0n) is 9.37. The number of likely N-dealkylation sites (tertiary alicyclic amines) is 1. The van der Waals surface area contributed by atoms with E-state index in [1.165, 1.54) is 32.5 Å². The molecule has 4 atom stereocenters.